The zero-order valence-corrected chi connectivity index (χ0v) is 11.7. The fourth-order valence-electron chi connectivity index (χ4n) is 2.00. The largest absolute Gasteiger partial charge is 0.352 e. The summed E-state index contributed by atoms with van der Waals surface area (Å²) in [6.45, 7) is 4.15. The third kappa shape index (κ3) is 2.44. The highest BCUT2D eigenvalue weighted by atomic mass is 32.1. The summed E-state index contributed by atoms with van der Waals surface area (Å²) in [5, 5.41) is 6.62. The molecule has 0 radical (unpaired) electrons. The number of fused-ring (bicyclic) bond motifs is 1. The highest BCUT2D eigenvalue weighted by molar-refractivity contribution is 7.17. The predicted molar refractivity (Wildman–Crippen MR) is 81.6 cm³/mol. The lowest BCUT2D eigenvalue weighted by molar-refractivity contribution is 0.874. The molecule has 0 amide bonds. The summed E-state index contributed by atoms with van der Waals surface area (Å²) in [5.74, 6) is 0.679. The minimum absolute atomic E-state index is 0.341. The Morgan fingerprint density at radius 1 is 1.11 bits per heavy atom. The predicted octanol–water partition coefficient (Wildman–Crippen LogP) is 4.18. The first-order valence-corrected chi connectivity index (χ1v) is 7.17. The Hall–Kier alpha value is -1.94. The smallest absolute Gasteiger partial charge is 0.222 e. The lowest BCUT2D eigenvalue weighted by atomic mass is 10.1. The van der Waals surface area contributed by atoms with E-state index >= 15 is 0 Å². The second-order valence-corrected chi connectivity index (χ2v) is 5.65. The molecule has 0 spiro atoms. The summed E-state index contributed by atoms with van der Waals surface area (Å²) in [6, 6.07) is 8.75. The average molecular weight is 269 g/mol. The molecule has 0 aliphatic heterocycles. The summed E-state index contributed by atoms with van der Waals surface area (Å²) in [7, 11) is 0. The van der Waals surface area contributed by atoms with E-state index in [0.29, 0.717) is 12.0 Å². The summed E-state index contributed by atoms with van der Waals surface area (Å²) in [6.07, 6.45) is 3.76. The molecule has 0 fully saturated rings. The average Bonchev–Trinajstić information content (AvgIpc) is 2.83. The van der Waals surface area contributed by atoms with Crippen LogP contribution in [0.25, 0.3) is 21.2 Å². The third-order valence-electron chi connectivity index (χ3n) is 2.86. The van der Waals surface area contributed by atoms with Crippen molar-refractivity contribution < 1.29 is 0 Å². The SMILES string of the molecule is CC(C)Nc1ncc(-c2csc3ccccc23)cn1. The molecular weight excluding hydrogens is 254 g/mol. The van der Waals surface area contributed by atoms with Gasteiger partial charge in [-0.2, -0.15) is 0 Å². The summed E-state index contributed by atoms with van der Waals surface area (Å²) in [4.78, 5) is 8.73. The van der Waals surface area contributed by atoms with Crippen LogP contribution in [0.1, 0.15) is 13.8 Å². The highest BCUT2D eigenvalue weighted by Gasteiger charge is 2.07. The first-order valence-electron chi connectivity index (χ1n) is 6.29. The van der Waals surface area contributed by atoms with Crippen LogP contribution in [0, 0.1) is 0 Å². The van der Waals surface area contributed by atoms with Gasteiger partial charge in [-0.3, -0.25) is 0 Å². The molecule has 0 atom stereocenters. The van der Waals surface area contributed by atoms with Crippen molar-refractivity contribution in [3.8, 4) is 11.1 Å². The zero-order valence-electron chi connectivity index (χ0n) is 10.9. The number of thiophene rings is 1. The molecule has 4 heteroatoms. The molecule has 0 bridgehead atoms. The molecule has 0 unspecified atom stereocenters. The molecule has 0 aliphatic carbocycles. The van der Waals surface area contributed by atoms with Crippen LogP contribution < -0.4 is 5.32 Å². The Labute approximate surface area is 116 Å². The monoisotopic (exact) mass is 269 g/mol. The molecule has 3 aromatic rings. The molecule has 0 saturated heterocycles. The number of anilines is 1. The van der Waals surface area contributed by atoms with Crippen molar-refractivity contribution in [3.63, 3.8) is 0 Å². The third-order valence-corrected chi connectivity index (χ3v) is 3.83. The van der Waals surface area contributed by atoms with Crippen molar-refractivity contribution in [2.24, 2.45) is 0 Å². The maximum Gasteiger partial charge on any atom is 0.222 e. The minimum Gasteiger partial charge on any atom is -0.352 e. The van der Waals surface area contributed by atoms with E-state index in [-0.39, 0.29) is 0 Å². The molecule has 1 aromatic carbocycles. The molecule has 0 saturated carbocycles. The van der Waals surface area contributed by atoms with Gasteiger partial charge in [0.25, 0.3) is 0 Å². The quantitative estimate of drug-likeness (QED) is 0.775. The molecule has 3 nitrogen and oxygen atoms in total. The van der Waals surface area contributed by atoms with Gasteiger partial charge in [-0.05, 0) is 25.3 Å². The zero-order chi connectivity index (χ0) is 13.2. The van der Waals surface area contributed by atoms with Gasteiger partial charge in [0, 0.05) is 39.6 Å². The van der Waals surface area contributed by atoms with E-state index in [2.05, 4.69) is 58.8 Å². The van der Waals surface area contributed by atoms with E-state index in [1.54, 1.807) is 11.3 Å². The normalized spacial score (nSPS) is 11.1. The lowest BCUT2D eigenvalue weighted by Gasteiger charge is -2.07. The van der Waals surface area contributed by atoms with Crippen LogP contribution in [0.4, 0.5) is 5.95 Å². The van der Waals surface area contributed by atoms with Crippen LogP contribution in [-0.4, -0.2) is 16.0 Å². The Morgan fingerprint density at radius 2 is 1.84 bits per heavy atom. The molecular formula is C15H15N3S. The van der Waals surface area contributed by atoms with E-state index in [0.717, 1.165) is 5.56 Å². The molecule has 2 heterocycles. The van der Waals surface area contributed by atoms with Gasteiger partial charge >= 0.3 is 0 Å². The summed E-state index contributed by atoms with van der Waals surface area (Å²) >= 11 is 1.75. The van der Waals surface area contributed by atoms with Crippen molar-refractivity contribution >= 4 is 27.4 Å². The highest BCUT2D eigenvalue weighted by Crippen LogP contribution is 2.33. The maximum atomic E-state index is 4.36. The Balaban J connectivity index is 1.98. The maximum absolute atomic E-state index is 4.36. The van der Waals surface area contributed by atoms with Crippen molar-refractivity contribution in [1.82, 2.24) is 9.97 Å². The number of hydrogen-bond acceptors (Lipinski definition) is 4. The fourth-order valence-corrected chi connectivity index (χ4v) is 2.97. The second kappa shape index (κ2) is 4.97. The van der Waals surface area contributed by atoms with Gasteiger partial charge in [-0.15, -0.1) is 11.3 Å². The molecule has 19 heavy (non-hydrogen) atoms. The van der Waals surface area contributed by atoms with Crippen molar-refractivity contribution in [2.45, 2.75) is 19.9 Å². The number of nitrogens with one attached hydrogen (secondary N) is 1. The second-order valence-electron chi connectivity index (χ2n) is 4.74. The van der Waals surface area contributed by atoms with Crippen LogP contribution in [0.3, 0.4) is 0 Å². The van der Waals surface area contributed by atoms with Gasteiger partial charge in [0.2, 0.25) is 5.95 Å². The van der Waals surface area contributed by atoms with Gasteiger partial charge in [-0.1, -0.05) is 18.2 Å². The van der Waals surface area contributed by atoms with Gasteiger partial charge in [-0.25, -0.2) is 9.97 Å². The number of benzene rings is 1. The Kier molecular flexibility index (Phi) is 3.17. The van der Waals surface area contributed by atoms with E-state index in [4.69, 9.17) is 0 Å². The Bertz CT molecular complexity index is 686. The van der Waals surface area contributed by atoms with Gasteiger partial charge in [0.15, 0.2) is 0 Å². The topological polar surface area (TPSA) is 37.8 Å². The van der Waals surface area contributed by atoms with E-state index in [9.17, 15) is 0 Å². The number of nitrogens with zero attached hydrogens (tertiary/aromatic N) is 2. The summed E-state index contributed by atoms with van der Waals surface area (Å²) < 4.78 is 1.29. The standard InChI is InChI=1S/C15H15N3S/c1-10(2)18-15-16-7-11(8-17-15)13-9-19-14-6-4-3-5-12(13)14/h3-10H,1-2H3,(H,16,17,18). The fraction of sp³-hybridized carbons (Fsp3) is 0.200. The van der Waals surface area contributed by atoms with E-state index in [1.165, 1.54) is 15.6 Å². The van der Waals surface area contributed by atoms with Crippen molar-refractivity contribution in [1.29, 1.82) is 0 Å². The molecule has 0 aliphatic rings. The molecule has 2 aromatic heterocycles. The van der Waals surface area contributed by atoms with Crippen LogP contribution in [-0.2, 0) is 0 Å². The number of aromatic nitrogens is 2. The molecule has 96 valence electrons. The minimum atomic E-state index is 0.341. The number of hydrogen-bond donors (Lipinski definition) is 1. The Morgan fingerprint density at radius 3 is 2.58 bits per heavy atom. The van der Waals surface area contributed by atoms with E-state index in [1.807, 2.05) is 12.4 Å². The lowest BCUT2D eigenvalue weighted by Crippen LogP contribution is -2.12. The van der Waals surface area contributed by atoms with Crippen LogP contribution >= 0.6 is 11.3 Å². The first-order chi connectivity index (χ1) is 9.24. The van der Waals surface area contributed by atoms with Crippen LogP contribution in [0.5, 0.6) is 0 Å². The number of rotatable bonds is 3. The van der Waals surface area contributed by atoms with Gasteiger partial charge in [0.05, 0.1) is 0 Å². The van der Waals surface area contributed by atoms with Crippen molar-refractivity contribution in [2.75, 3.05) is 5.32 Å². The summed E-state index contributed by atoms with van der Waals surface area (Å²) in [5.41, 5.74) is 2.27. The van der Waals surface area contributed by atoms with Gasteiger partial charge in [0.1, 0.15) is 0 Å². The van der Waals surface area contributed by atoms with Gasteiger partial charge < -0.3 is 5.32 Å². The van der Waals surface area contributed by atoms with E-state index < -0.39 is 0 Å². The first kappa shape index (κ1) is 12.1. The van der Waals surface area contributed by atoms with Crippen molar-refractivity contribution in [3.05, 3.63) is 42.0 Å². The van der Waals surface area contributed by atoms with Crippen LogP contribution in [0.15, 0.2) is 42.0 Å². The van der Waals surface area contributed by atoms with Crippen LogP contribution in [0.2, 0.25) is 0 Å². The molecule has 1 N–H and O–H groups in total. The molecule has 3 rings (SSSR count).